The van der Waals surface area contributed by atoms with E-state index in [0.717, 1.165) is 134 Å². The molecule has 0 amide bonds. The highest BCUT2D eigenvalue weighted by atomic mass is 15.1. The first-order chi connectivity index (χ1) is 70.4. The molecule has 0 atom stereocenters. The molecule has 30 rings (SSSR count). The maximum absolute atomic E-state index is 5.69. The van der Waals surface area contributed by atoms with E-state index < -0.39 is 0 Å². The fraction of sp³-hybridized carbons (Fsp3) is 0. The van der Waals surface area contributed by atoms with Gasteiger partial charge < -0.3 is 0 Å². The van der Waals surface area contributed by atoms with E-state index in [1.54, 1.807) is 0 Å². The Morgan fingerprint density at radius 3 is 0.690 bits per heavy atom. The summed E-state index contributed by atoms with van der Waals surface area (Å²) < 4.78 is 4.55. The highest BCUT2D eigenvalue weighted by Gasteiger charge is 2.26. The van der Waals surface area contributed by atoms with Gasteiger partial charge in [0, 0.05) is 55.2 Å². The first kappa shape index (κ1) is 80.4. The molecule has 0 bridgehead atoms. The Balaban J connectivity index is 0.000000136. The number of para-hydroxylation sites is 5. The Bertz CT molecular complexity index is 10400. The number of benzene rings is 26. The van der Waals surface area contributed by atoms with Crippen molar-refractivity contribution >= 4 is 195 Å². The Labute approximate surface area is 816 Å². The lowest BCUT2D eigenvalue weighted by Crippen LogP contribution is -1.98. The highest BCUT2D eigenvalue weighted by molar-refractivity contribution is 6.31. The van der Waals surface area contributed by atoms with Gasteiger partial charge in [-0.3, -0.25) is 9.13 Å². The fourth-order valence-corrected chi connectivity index (χ4v) is 23.4. The smallest absolute Gasteiger partial charge is 0.145 e. The molecule has 6 heteroatoms. The predicted octanol–water partition coefficient (Wildman–Crippen LogP) is 36.6. The highest BCUT2D eigenvalue weighted by Crippen LogP contribution is 2.50. The minimum atomic E-state index is 0.907. The molecule has 0 N–H and O–H groups in total. The van der Waals surface area contributed by atoms with Gasteiger partial charge >= 0.3 is 0 Å². The van der Waals surface area contributed by atoms with Crippen LogP contribution in [0.2, 0.25) is 0 Å². The lowest BCUT2D eigenvalue weighted by molar-refractivity contribution is 1.10. The summed E-state index contributed by atoms with van der Waals surface area (Å²) >= 11 is 0. The number of imidazole rings is 2. The number of fused-ring (bicyclic) bond motifs is 32. The van der Waals surface area contributed by atoms with Gasteiger partial charge in [-0.2, -0.15) is 0 Å². The third-order valence-corrected chi connectivity index (χ3v) is 29.9. The SMILES string of the molecule is c1ccc(-c2nc3ccccc3n2-c2ccc(-c3cc(-c4ccc5c6ccccc6c6ccccc6c5c4)nc4c3cc(-c3ccc5c6ccccc6c6ccccc6c5c3)c3ccccc34)cc2)cc1.c1ccc(-n2c(-c3ccc(-c4cc(-c5ccc6c7ccccc7c7ccccc7c6c5)nc5c4cc(-c4ccc6c7ccccc7c7ccccc7c6c4)c4ccccc45)cc3)nc3ccccc32)cc1. The van der Waals surface area contributed by atoms with Crippen LogP contribution in [0.1, 0.15) is 0 Å². The first-order valence-corrected chi connectivity index (χ1v) is 48.8. The number of nitrogens with zero attached hydrogens (tertiary/aromatic N) is 6. The molecule has 26 aromatic carbocycles. The number of hydrogen-bond acceptors (Lipinski definition) is 4. The van der Waals surface area contributed by atoms with Crippen LogP contribution in [0.5, 0.6) is 0 Å². The van der Waals surface area contributed by atoms with Gasteiger partial charge in [0.05, 0.1) is 44.5 Å². The molecule has 0 fully saturated rings. The van der Waals surface area contributed by atoms with Gasteiger partial charge in [-0.05, 0) is 282 Å². The second-order valence-corrected chi connectivity index (χ2v) is 37.6. The minimum Gasteiger partial charge on any atom is -0.292 e. The van der Waals surface area contributed by atoms with E-state index in [1.807, 2.05) is 0 Å². The molecule has 0 aliphatic carbocycles. The van der Waals surface area contributed by atoms with Crippen LogP contribution in [0, 0.1) is 0 Å². The van der Waals surface area contributed by atoms with E-state index in [1.165, 1.54) is 162 Å². The van der Waals surface area contributed by atoms with Crippen LogP contribution in [-0.2, 0) is 0 Å². The van der Waals surface area contributed by atoms with Crippen molar-refractivity contribution in [3.63, 3.8) is 0 Å². The Morgan fingerprint density at radius 1 is 0.127 bits per heavy atom. The molecule has 0 radical (unpaired) electrons. The molecule has 0 saturated heterocycles. The Kier molecular flexibility index (Phi) is 18.3. The molecule has 4 aromatic heterocycles. The summed E-state index contributed by atoms with van der Waals surface area (Å²) in [7, 11) is 0. The molecule has 6 nitrogen and oxygen atoms in total. The average molecular weight is 1800 g/mol. The van der Waals surface area contributed by atoms with Crippen molar-refractivity contribution in [2.75, 3.05) is 0 Å². The molecule has 142 heavy (non-hydrogen) atoms. The maximum atomic E-state index is 5.69. The van der Waals surface area contributed by atoms with Gasteiger partial charge in [0.25, 0.3) is 0 Å². The third-order valence-electron chi connectivity index (χ3n) is 29.9. The molecule has 0 spiro atoms. The van der Waals surface area contributed by atoms with E-state index >= 15 is 0 Å². The maximum Gasteiger partial charge on any atom is 0.145 e. The van der Waals surface area contributed by atoms with Crippen LogP contribution in [-0.4, -0.2) is 29.1 Å². The van der Waals surface area contributed by atoms with E-state index in [-0.39, 0.29) is 0 Å². The average Bonchev–Trinajstić information content (AvgIpc) is 0.846. The zero-order chi connectivity index (χ0) is 93.1. The molecule has 656 valence electrons. The van der Waals surface area contributed by atoms with E-state index in [0.29, 0.717) is 0 Å². The number of rotatable bonds is 10. The molecule has 0 aliphatic heterocycles. The molecule has 0 aliphatic rings. The zero-order valence-electron chi connectivity index (χ0n) is 77.0. The van der Waals surface area contributed by atoms with Gasteiger partial charge in [0.1, 0.15) is 11.6 Å². The van der Waals surface area contributed by atoms with Crippen molar-refractivity contribution in [3.05, 3.63) is 497 Å². The van der Waals surface area contributed by atoms with Crippen molar-refractivity contribution in [1.29, 1.82) is 0 Å². The monoisotopic (exact) mass is 1800 g/mol. The van der Waals surface area contributed by atoms with Crippen LogP contribution >= 0.6 is 0 Å². The normalized spacial score (nSPS) is 11.9. The first-order valence-electron chi connectivity index (χ1n) is 48.8. The fourth-order valence-electron chi connectivity index (χ4n) is 23.4. The van der Waals surface area contributed by atoms with E-state index in [2.05, 4.69) is 507 Å². The zero-order valence-corrected chi connectivity index (χ0v) is 77.0. The van der Waals surface area contributed by atoms with Gasteiger partial charge in [-0.25, -0.2) is 19.9 Å². The van der Waals surface area contributed by atoms with Crippen LogP contribution in [0.15, 0.2) is 497 Å². The summed E-state index contributed by atoms with van der Waals surface area (Å²) in [5, 5.41) is 37.0. The lowest BCUT2D eigenvalue weighted by Gasteiger charge is -2.18. The third kappa shape index (κ3) is 12.8. The number of aromatic nitrogens is 6. The molecule has 30 aromatic rings. The van der Waals surface area contributed by atoms with Crippen LogP contribution in [0.4, 0.5) is 0 Å². The van der Waals surface area contributed by atoms with Crippen molar-refractivity contribution in [2.45, 2.75) is 0 Å². The quantitative estimate of drug-likeness (QED) is 0.128. The molecule has 0 unspecified atom stereocenters. The number of hydrogen-bond donors (Lipinski definition) is 0. The second kappa shape index (κ2) is 32.4. The van der Waals surface area contributed by atoms with Crippen molar-refractivity contribution in [3.8, 4) is 101 Å². The standard InChI is InChI=1S/2C68H41N3/c1-2-16-43(17-3-1)68-70-64-28-14-15-29-66(64)71(68)46-34-30-42(31-35-46)60-41-65(45-33-37-57-52-23-7-5-19-48(52)50-21-9-11-25-54(50)62(57)39-45)69-67-58-27-13-12-26-55(58)59(40-63(60)67)44-32-36-56-51-22-6-4-18-47(51)49-20-8-10-24-53(49)61(56)38-44;1-2-16-46(17-3-1)71-66-29-15-14-28-64(66)70-68(71)43-32-30-42(31-33-43)60-41-65(45-35-37-57-52-23-7-5-19-48(52)50-21-9-11-25-54(50)62(57)39-45)69-67-58-27-13-12-26-55(58)59(40-63(60)67)44-34-36-56-51-22-6-4-18-47(51)49-20-8-10-24-53(49)61(56)38-44/h2*1-41H. The van der Waals surface area contributed by atoms with Gasteiger partial charge in [0.2, 0.25) is 0 Å². The van der Waals surface area contributed by atoms with Crippen LogP contribution < -0.4 is 0 Å². The molecule has 4 heterocycles. The van der Waals surface area contributed by atoms with Crippen molar-refractivity contribution in [2.24, 2.45) is 0 Å². The van der Waals surface area contributed by atoms with Crippen LogP contribution in [0.25, 0.3) is 296 Å². The Morgan fingerprint density at radius 2 is 0.352 bits per heavy atom. The van der Waals surface area contributed by atoms with Crippen molar-refractivity contribution in [1.82, 2.24) is 29.1 Å². The lowest BCUT2D eigenvalue weighted by atomic mass is 9.88. The summed E-state index contributed by atoms with van der Waals surface area (Å²) in [5.41, 5.74) is 23.5. The largest absolute Gasteiger partial charge is 0.292 e. The topological polar surface area (TPSA) is 61.4 Å². The minimum absolute atomic E-state index is 0.907. The van der Waals surface area contributed by atoms with Gasteiger partial charge in [-0.15, -0.1) is 0 Å². The summed E-state index contributed by atoms with van der Waals surface area (Å²) in [6, 6.07) is 181. The number of pyridine rings is 2. The second-order valence-electron chi connectivity index (χ2n) is 37.6. The summed E-state index contributed by atoms with van der Waals surface area (Å²) in [6.07, 6.45) is 0. The van der Waals surface area contributed by atoms with E-state index in [4.69, 9.17) is 19.9 Å². The summed E-state index contributed by atoms with van der Waals surface area (Å²) in [6.45, 7) is 0. The van der Waals surface area contributed by atoms with Crippen LogP contribution in [0.3, 0.4) is 0 Å². The molecular weight excluding hydrogens is 1720 g/mol. The molecular formula is C136H82N6. The van der Waals surface area contributed by atoms with Gasteiger partial charge in [0.15, 0.2) is 0 Å². The predicted molar refractivity (Wildman–Crippen MR) is 601 cm³/mol. The van der Waals surface area contributed by atoms with Gasteiger partial charge in [-0.1, -0.05) is 400 Å². The summed E-state index contributed by atoms with van der Waals surface area (Å²) in [5.74, 6) is 1.82. The molecule has 0 saturated carbocycles. The summed E-state index contributed by atoms with van der Waals surface area (Å²) in [4.78, 5) is 21.8. The van der Waals surface area contributed by atoms with E-state index in [9.17, 15) is 0 Å². The van der Waals surface area contributed by atoms with Crippen molar-refractivity contribution < 1.29 is 0 Å². The Hall–Kier alpha value is -18.9.